The summed E-state index contributed by atoms with van der Waals surface area (Å²) < 4.78 is 61.3. The second-order valence-corrected chi connectivity index (χ2v) is 9.62. The molecule has 2 unspecified atom stereocenters. The minimum absolute atomic E-state index is 0.0920. The molecule has 6 nitrogen and oxygen atoms in total. The second-order valence-electron chi connectivity index (χ2n) is 7.69. The molecular weight excluding hydrogens is 381 g/mol. The molecule has 27 heavy (non-hydrogen) atoms. The van der Waals surface area contributed by atoms with E-state index in [1.165, 1.54) is 25.7 Å². The van der Waals surface area contributed by atoms with E-state index in [-0.39, 0.29) is 19.1 Å². The third-order valence-corrected chi connectivity index (χ3v) is 7.17. The van der Waals surface area contributed by atoms with Crippen LogP contribution in [0.4, 0.5) is 13.2 Å². The van der Waals surface area contributed by atoms with Crippen molar-refractivity contribution in [1.82, 2.24) is 14.9 Å². The summed E-state index contributed by atoms with van der Waals surface area (Å²) in [6, 6.07) is -0.0920. The molecule has 2 fully saturated rings. The van der Waals surface area contributed by atoms with Gasteiger partial charge in [0.25, 0.3) is 0 Å². The smallest absolute Gasteiger partial charge is 0.356 e. The van der Waals surface area contributed by atoms with Crippen molar-refractivity contribution in [3.63, 3.8) is 0 Å². The van der Waals surface area contributed by atoms with Crippen molar-refractivity contribution in [2.45, 2.75) is 63.4 Å². The maximum atomic E-state index is 12.6. The number of sulfonamides is 1. The zero-order valence-electron chi connectivity index (χ0n) is 16.1. The van der Waals surface area contributed by atoms with E-state index in [1.54, 1.807) is 7.05 Å². The Kier molecular flexibility index (Phi) is 7.79. The van der Waals surface area contributed by atoms with Crippen LogP contribution in [0.25, 0.3) is 0 Å². The molecule has 1 heterocycles. The lowest BCUT2D eigenvalue weighted by Crippen LogP contribution is -2.51. The highest BCUT2D eigenvalue weighted by molar-refractivity contribution is 7.90. The molecule has 1 aliphatic carbocycles. The molecule has 1 saturated carbocycles. The van der Waals surface area contributed by atoms with Crippen LogP contribution in [-0.4, -0.2) is 56.9 Å². The van der Waals surface area contributed by atoms with Gasteiger partial charge in [0, 0.05) is 32.7 Å². The van der Waals surface area contributed by atoms with Crippen molar-refractivity contribution in [1.29, 1.82) is 0 Å². The van der Waals surface area contributed by atoms with Gasteiger partial charge in [-0.05, 0) is 37.5 Å². The second kappa shape index (κ2) is 9.45. The van der Waals surface area contributed by atoms with Gasteiger partial charge in [0.2, 0.25) is 0 Å². The van der Waals surface area contributed by atoms with E-state index in [4.69, 9.17) is 0 Å². The fraction of sp³-hybridized carbons (Fsp3) is 0.941. The van der Waals surface area contributed by atoms with Gasteiger partial charge in [0.05, 0.1) is 0 Å². The van der Waals surface area contributed by atoms with E-state index in [0.29, 0.717) is 23.1 Å². The van der Waals surface area contributed by atoms with Crippen molar-refractivity contribution < 1.29 is 21.6 Å². The Morgan fingerprint density at radius 1 is 1.19 bits per heavy atom. The fourth-order valence-electron chi connectivity index (χ4n) is 3.99. The number of guanidine groups is 1. The lowest BCUT2D eigenvalue weighted by Gasteiger charge is -2.32. The lowest BCUT2D eigenvalue weighted by molar-refractivity contribution is -0.0494. The number of nitrogens with zero attached hydrogens (tertiary/aromatic N) is 2. The Balaban J connectivity index is 1.73. The van der Waals surface area contributed by atoms with Gasteiger partial charge in [0.15, 0.2) is 5.96 Å². The maximum Gasteiger partial charge on any atom is 0.511 e. The Labute approximate surface area is 160 Å². The maximum absolute atomic E-state index is 12.6. The third kappa shape index (κ3) is 6.23. The van der Waals surface area contributed by atoms with Gasteiger partial charge in [0.1, 0.15) is 0 Å². The van der Waals surface area contributed by atoms with Gasteiger partial charge in [-0.3, -0.25) is 4.99 Å². The third-order valence-electron chi connectivity index (χ3n) is 5.54. The van der Waals surface area contributed by atoms with E-state index in [1.807, 2.05) is 0 Å². The van der Waals surface area contributed by atoms with Gasteiger partial charge in [-0.15, -0.1) is 0 Å². The van der Waals surface area contributed by atoms with Crippen LogP contribution in [0, 0.1) is 11.8 Å². The van der Waals surface area contributed by atoms with E-state index in [9.17, 15) is 21.6 Å². The minimum Gasteiger partial charge on any atom is -0.356 e. The SMILES string of the molecule is CN=C(NCCC1CCCC(C)C1)NC1CCN(S(=O)(=O)C(F)(F)F)CC1. The number of rotatable bonds is 5. The normalized spacial score (nSPS) is 26.8. The first-order valence-corrected chi connectivity index (χ1v) is 11.1. The molecule has 0 aromatic heterocycles. The monoisotopic (exact) mass is 412 g/mol. The number of hydrogen-bond acceptors (Lipinski definition) is 3. The van der Waals surface area contributed by atoms with Crippen LogP contribution < -0.4 is 10.6 Å². The molecule has 0 spiro atoms. The molecule has 0 bridgehead atoms. The molecule has 0 aromatic carbocycles. The number of piperidine rings is 1. The van der Waals surface area contributed by atoms with Crippen LogP contribution in [0.3, 0.4) is 0 Å². The lowest BCUT2D eigenvalue weighted by atomic mass is 9.81. The highest BCUT2D eigenvalue weighted by atomic mass is 32.2. The van der Waals surface area contributed by atoms with Crippen molar-refractivity contribution >= 4 is 16.0 Å². The quantitative estimate of drug-likeness (QED) is 0.538. The molecule has 1 aliphatic heterocycles. The van der Waals surface area contributed by atoms with Crippen LogP contribution in [0.5, 0.6) is 0 Å². The van der Waals surface area contributed by atoms with E-state index in [2.05, 4.69) is 22.5 Å². The Morgan fingerprint density at radius 3 is 2.41 bits per heavy atom. The number of hydrogen-bond donors (Lipinski definition) is 2. The first kappa shape index (κ1) is 22.3. The van der Waals surface area contributed by atoms with Crippen LogP contribution in [-0.2, 0) is 10.0 Å². The van der Waals surface area contributed by atoms with Gasteiger partial charge in [-0.1, -0.05) is 26.2 Å². The summed E-state index contributed by atoms with van der Waals surface area (Å²) in [5.74, 6) is 2.14. The molecule has 2 N–H and O–H groups in total. The summed E-state index contributed by atoms with van der Waals surface area (Å²) in [6.45, 7) is 2.82. The number of alkyl halides is 3. The van der Waals surface area contributed by atoms with Gasteiger partial charge >= 0.3 is 15.5 Å². The van der Waals surface area contributed by atoms with Crippen molar-refractivity contribution in [3.8, 4) is 0 Å². The van der Waals surface area contributed by atoms with Gasteiger partial charge < -0.3 is 10.6 Å². The predicted octanol–water partition coefficient (Wildman–Crippen LogP) is 2.68. The molecular formula is C17H31F3N4O2S. The summed E-state index contributed by atoms with van der Waals surface area (Å²) in [4.78, 5) is 4.17. The molecule has 1 saturated heterocycles. The number of halogens is 3. The van der Waals surface area contributed by atoms with Crippen LogP contribution in [0.15, 0.2) is 4.99 Å². The van der Waals surface area contributed by atoms with E-state index in [0.717, 1.165) is 24.8 Å². The summed E-state index contributed by atoms with van der Waals surface area (Å²) in [5.41, 5.74) is -5.23. The van der Waals surface area contributed by atoms with Crippen LogP contribution >= 0.6 is 0 Å². The molecule has 0 radical (unpaired) electrons. The topological polar surface area (TPSA) is 73.8 Å². The van der Waals surface area contributed by atoms with E-state index < -0.39 is 15.5 Å². The number of aliphatic imine (C=N–C) groups is 1. The molecule has 0 amide bonds. The number of nitrogens with one attached hydrogen (secondary N) is 2. The summed E-state index contributed by atoms with van der Waals surface area (Å²) >= 11 is 0. The molecule has 10 heteroatoms. The molecule has 158 valence electrons. The zero-order valence-corrected chi connectivity index (χ0v) is 16.9. The largest absolute Gasteiger partial charge is 0.511 e. The standard InChI is InChI=1S/C17H31F3N4O2S/c1-13-4-3-5-14(12-13)6-9-22-16(21-2)23-15-7-10-24(11-8-15)27(25,26)17(18,19)20/h13-15H,3-12H2,1-2H3,(H2,21,22,23). The van der Waals surface area contributed by atoms with Crippen LogP contribution in [0.2, 0.25) is 0 Å². The summed E-state index contributed by atoms with van der Waals surface area (Å²) in [6.07, 6.45) is 6.85. The summed E-state index contributed by atoms with van der Waals surface area (Å²) in [5, 5.41) is 6.47. The average molecular weight is 413 g/mol. The summed E-state index contributed by atoms with van der Waals surface area (Å²) in [7, 11) is -3.57. The highest BCUT2D eigenvalue weighted by Gasteiger charge is 2.50. The highest BCUT2D eigenvalue weighted by Crippen LogP contribution is 2.30. The molecule has 2 aliphatic rings. The Bertz CT molecular complexity index is 602. The predicted molar refractivity (Wildman–Crippen MR) is 99.8 cm³/mol. The first-order valence-electron chi connectivity index (χ1n) is 9.67. The molecule has 2 atom stereocenters. The average Bonchev–Trinajstić information content (AvgIpc) is 2.60. The Hall–Kier alpha value is -1.03. The van der Waals surface area contributed by atoms with Gasteiger partial charge in [-0.2, -0.15) is 17.5 Å². The first-order chi connectivity index (χ1) is 12.6. The van der Waals surface area contributed by atoms with Crippen molar-refractivity contribution in [2.75, 3.05) is 26.7 Å². The van der Waals surface area contributed by atoms with E-state index >= 15 is 0 Å². The molecule has 0 aromatic rings. The zero-order chi connectivity index (χ0) is 20.1. The van der Waals surface area contributed by atoms with Crippen molar-refractivity contribution in [2.24, 2.45) is 16.8 Å². The van der Waals surface area contributed by atoms with Crippen LogP contribution in [0.1, 0.15) is 51.9 Å². The fourth-order valence-corrected chi connectivity index (χ4v) is 4.98. The Morgan fingerprint density at radius 2 is 1.85 bits per heavy atom. The van der Waals surface area contributed by atoms with Crippen molar-refractivity contribution in [3.05, 3.63) is 0 Å². The van der Waals surface area contributed by atoms with Gasteiger partial charge in [-0.25, -0.2) is 8.42 Å². The minimum atomic E-state index is -5.23. The molecule has 2 rings (SSSR count).